The minimum atomic E-state index is -0.00880. The molecule has 0 atom stereocenters. The van der Waals surface area contributed by atoms with Gasteiger partial charge in [0.1, 0.15) is 12.4 Å². The molecule has 0 aliphatic heterocycles. The maximum Gasteiger partial charge on any atom is 0.251 e. The second-order valence-corrected chi connectivity index (χ2v) is 9.78. The number of nitrogens with zero attached hydrogens (tertiary/aromatic N) is 3. The Morgan fingerprint density at radius 1 is 1.00 bits per heavy atom. The van der Waals surface area contributed by atoms with Gasteiger partial charge in [0, 0.05) is 31.6 Å². The Bertz CT molecular complexity index is 1150. The van der Waals surface area contributed by atoms with Crippen molar-refractivity contribution in [3.05, 3.63) is 65.5 Å². The molecule has 0 spiro atoms. The number of para-hydroxylation sites is 2. The number of rotatable bonds is 10. The number of aryl methyl sites for hydroxylation is 2. The van der Waals surface area contributed by atoms with Crippen LogP contribution in [0.2, 0.25) is 0 Å². The van der Waals surface area contributed by atoms with Crippen molar-refractivity contribution in [2.75, 3.05) is 13.6 Å². The monoisotopic (exact) mass is 474 g/mol. The number of carbonyl (C=O) groups is 2. The molecule has 2 amide bonds. The van der Waals surface area contributed by atoms with Gasteiger partial charge in [-0.15, -0.1) is 0 Å². The molecule has 2 aromatic carbocycles. The number of benzene rings is 2. The predicted molar refractivity (Wildman–Crippen MR) is 140 cm³/mol. The molecule has 1 heterocycles. The number of fused-ring (bicyclic) bond motifs is 1. The molecule has 0 bridgehead atoms. The largest absolute Gasteiger partial charge is 0.352 e. The molecule has 3 aromatic rings. The fourth-order valence-corrected chi connectivity index (χ4v) is 5.12. The van der Waals surface area contributed by atoms with Crippen LogP contribution in [-0.2, 0) is 17.8 Å². The fourth-order valence-electron chi connectivity index (χ4n) is 5.12. The van der Waals surface area contributed by atoms with Crippen LogP contribution < -0.4 is 5.32 Å². The number of nitrogens with one attached hydrogen (secondary N) is 1. The van der Waals surface area contributed by atoms with Gasteiger partial charge in [0.2, 0.25) is 5.91 Å². The van der Waals surface area contributed by atoms with Gasteiger partial charge in [-0.05, 0) is 56.4 Å². The zero-order valence-electron chi connectivity index (χ0n) is 21.1. The molecule has 186 valence electrons. The molecule has 35 heavy (non-hydrogen) atoms. The van der Waals surface area contributed by atoms with Crippen LogP contribution in [0, 0.1) is 6.92 Å². The zero-order chi connectivity index (χ0) is 24.6. The normalized spacial score (nSPS) is 14.2. The number of hydrogen-bond donors (Lipinski definition) is 1. The fraction of sp³-hybridized carbons (Fsp3) is 0.483. The van der Waals surface area contributed by atoms with Crippen molar-refractivity contribution in [1.82, 2.24) is 19.8 Å². The number of unbranched alkanes of at least 4 members (excludes halogenated alkanes) is 2. The van der Waals surface area contributed by atoms with Crippen molar-refractivity contribution in [1.29, 1.82) is 0 Å². The highest BCUT2D eigenvalue weighted by Crippen LogP contribution is 2.23. The molecule has 1 aromatic heterocycles. The van der Waals surface area contributed by atoms with E-state index in [9.17, 15) is 9.59 Å². The van der Waals surface area contributed by atoms with Gasteiger partial charge in [0.15, 0.2) is 0 Å². The summed E-state index contributed by atoms with van der Waals surface area (Å²) in [7, 11) is 1.96. The maximum atomic E-state index is 13.2. The average molecular weight is 475 g/mol. The van der Waals surface area contributed by atoms with Crippen molar-refractivity contribution < 1.29 is 9.59 Å². The summed E-state index contributed by atoms with van der Waals surface area (Å²) in [6, 6.07) is 16.1. The van der Waals surface area contributed by atoms with Crippen LogP contribution in [0.5, 0.6) is 0 Å². The Kier molecular flexibility index (Phi) is 8.56. The third-order valence-electron chi connectivity index (χ3n) is 7.30. The highest BCUT2D eigenvalue weighted by molar-refractivity contribution is 5.95. The van der Waals surface area contributed by atoms with E-state index in [2.05, 4.69) is 16.0 Å². The highest BCUT2D eigenvalue weighted by atomic mass is 16.2. The number of amides is 2. The van der Waals surface area contributed by atoms with E-state index in [4.69, 9.17) is 4.98 Å². The van der Waals surface area contributed by atoms with Crippen LogP contribution in [0.3, 0.4) is 0 Å². The van der Waals surface area contributed by atoms with Crippen LogP contribution in [0.4, 0.5) is 0 Å². The van der Waals surface area contributed by atoms with Crippen molar-refractivity contribution in [2.45, 2.75) is 77.3 Å². The lowest BCUT2D eigenvalue weighted by Gasteiger charge is -2.31. The van der Waals surface area contributed by atoms with Crippen LogP contribution in [0.15, 0.2) is 48.5 Å². The van der Waals surface area contributed by atoms with Gasteiger partial charge in [0.25, 0.3) is 5.91 Å². The van der Waals surface area contributed by atoms with E-state index >= 15 is 0 Å². The van der Waals surface area contributed by atoms with Gasteiger partial charge in [-0.25, -0.2) is 4.98 Å². The smallest absolute Gasteiger partial charge is 0.251 e. The van der Waals surface area contributed by atoms with E-state index < -0.39 is 0 Å². The molecular weight excluding hydrogens is 436 g/mol. The molecule has 0 unspecified atom stereocenters. The van der Waals surface area contributed by atoms with Crippen molar-refractivity contribution >= 4 is 22.8 Å². The molecule has 1 aliphatic carbocycles. The lowest BCUT2D eigenvalue weighted by molar-refractivity contribution is -0.133. The Morgan fingerprint density at radius 2 is 1.74 bits per heavy atom. The molecule has 6 heteroatoms. The van der Waals surface area contributed by atoms with E-state index in [-0.39, 0.29) is 11.8 Å². The molecular formula is C29H38N4O2. The van der Waals surface area contributed by atoms with E-state index in [0.29, 0.717) is 19.1 Å². The van der Waals surface area contributed by atoms with E-state index in [1.807, 2.05) is 61.3 Å². The van der Waals surface area contributed by atoms with Gasteiger partial charge >= 0.3 is 0 Å². The summed E-state index contributed by atoms with van der Waals surface area (Å²) in [4.78, 5) is 32.4. The summed E-state index contributed by atoms with van der Waals surface area (Å²) >= 11 is 0. The summed E-state index contributed by atoms with van der Waals surface area (Å²) in [6.45, 7) is 2.96. The number of hydrogen-bond acceptors (Lipinski definition) is 3. The number of aromatic nitrogens is 2. The van der Waals surface area contributed by atoms with Crippen molar-refractivity contribution in [2.24, 2.45) is 0 Å². The van der Waals surface area contributed by atoms with Crippen LogP contribution in [0.25, 0.3) is 11.0 Å². The summed E-state index contributed by atoms with van der Waals surface area (Å²) in [5.74, 6) is 1.13. The molecule has 1 saturated carbocycles. The molecule has 1 N–H and O–H groups in total. The first kappa shape index (κ1) is 25.0. The third kappa shape index (κ3) is 6.30. The first-order valence-corrected chi connectivity index (χ1v) is 13.1. The quantitative estimate of drug-likeness (QED) is 0.407. The zero-order valence-corrected chi connectivity index (χ0v) is 21.1. The van der Waals surface area contributed by atoms with Gasteiger partial charge < -0.3 is 14.8 Å². The first-order valence-electron chi connectivity index (χ1n) is 13.1. The van der Waals surface area contributed by atoms with Crippen molar-refractivity contribution in [3.63, 3.8) is 0 Å². The van der Waals surface area contributed by atoms with Crippen LogP contribution in [-0.4, -0.2) is 45.9 Å². The van der Waals surface area contributed by atoms with Crippen LogP contribution >= 0.6 is 0 Å². The minimum Gasteiger partial charge on any atom is -0.352 e. The van der Waals surface area contributed by atoms with E-state index in [1.54, 1.807) is 0 Å². The Labute approximate surface area is 208 Å². The standard InChI is InChI=1S/C29H38N4O2/c1-22-13-8-9-16-24(22)29(35)30-20-12-4-7-19-27-31-25-17-10-11-18-26(25)33(27)21-28(34)32(2)23-14-5-3-6-15-23/h8-11,13,16-18,23H,3-7,12,14-15,19-21H2,1-2H3,(H,30,35). The van der Waals surface area contributed by atoms with Gasteiger partial charge in [-0.3, -0.25) is 9.59 Å². The average Bonchev–Trinajstić information content (AvgIpc) is 3.23. The molecule has 6 nitrogen and oxygen atoms in total. The molecule has 1 fully saturated rings. The second kappa shape index (κ2) is 12.0. The highest BCUT2D eigenvalue weighted by Gasteiger charge is 2.23. The van der Waals surface area contributed by atoms with Gasteiger partial charge in [0.05, 0.1) is 11.0 Å². The summed E-state index contributed by atoms with van der Waals surface area (Å²) in [5.41, 5.74) is 3.70. The number of carbonyl (C=O) groups excluding carboxylic acids is 2. The predicted octanol–water partition coefficient (Wildman–Crippen LogP) is 5.28. The van der Waals surface area contributed by atoms with Crippen LogP contribution in [0.1, 0.15) is 73.1 Å². The third-order valence-corrected chi connectivity index (χ3v) is 7.30. The SMILES string of the molecule is Cc1ccccc1C(=O)NCCCCCc1nc2ccccc2n1CC(=O)N(C)C1CCCCC1. The molecule has 0 saturated heterocycles. The molecule has 0 radical (unpaired) electrons. The van der Waals surface area contributed by atoms with Gasteiger partial charge in [-0.2, -0.15) is 0 Å². The lowest BCUT2D eigenvalue weighted by Crippen LogP contribution is -2.40. The number of imidazole rings is 1. The number of likely N-dealkylation sites (N-methyl/N-ethyl adjacent to an activating group) is 1. The maximum absolute atomic E-state index is 13.2. The lowest BCUT2D eigenvalue weighted by atomic mass is 9.94. The first-order chi connectivity index (χ1) is 17.0. The van der Waals surface area contributed by atoms with E-state index in [0.717, 1.165) is 66.5 Å². The Hall–Kier alpha value is -3.15. The Balaban J connectivity index is 1.31. The summed E-state index contributed by atoms with van der Waals surface area (Å²) in [6.07, 6.45) is 9.63. The second-order valence-electron chi connectivity index (χ2n) is 9.78. The summed E-state index contributed by atoms with van der Waals surface area (Å²) < 4.78 is 2.11. The Morgan fingerprint density at radius 3 is 2.54 bits per heavy atom. The topological polar surface area (TPSA) is 67.2 Å². The van der Waals surface area contributed by atoms with E-state index in [1.165, 1.54) is 19.3 Å². The van der Waals surface area contributed by atoms with Gasteiger partial charge in [-0.1, -0.05) is 56.0 Å². The minimum absolute atomic E-state index is 0.00880. The molecule has 1 aliphatic rings. The molecule has 4 rings (SSSR count). The summed E-state index contributed by atoms with van der Waals surface area (Å²) in [5, 5.41) is 3.03. The van der Waals surface area contributed by atoms with Crippen molar-refractivity contribution in [3.8, 4) is 0 Å².